The Morgan fingerprint density at radius 1 is 0.528 bits per heavy atom. The van der Waals surface area contributed by atoms with Crippen LogP contribution in [0.15, 0.2) is 12.4 Å². The van der Waals surface area contributed by atoms with Crippen molar-refractivity contribution in [3.8, 4) is 0 Å². The highest BCUT2D eigenvalue weighted by Crippen LogP contribution is 2.29. The topological polar surface area (TPSA) is 17.8 Å². The molecule has 0 saturated heterocycles. The Labute approximate surface area is 227 Å². The standard InChI is InChI=1S/C34H66N2/c1-5-7-9-11-13-15-17-18-19-21-23-25-27-29-33(34-35-30-31-36(34)32(3)4)28-26-24-22-20-16-14-12-10-8-6-2/h30-33H,5-29H2,1-4H3. The number of imidazole rings is 1. The van der Waals surface area contributed by atoms with Gasteiger partial charge in [0.05, 0.1) is 0 Å². The fourth-order valence-corrected chi connectivity index (χ4v) is 5.77. The third kappa shape index (κ3) is 17.6. The molecule has 1 heterocycles. The van der Waals surface area contributed by atoms with E-state index in [2.05, 4.69) is 38.5 Å². The summed E-state index contributed by atoms with van der Waals surface area (Å²) in [6.45, 7) is 9.21. The lowest BCUT2D eigenvalue weighted by molar-refractivity contribution is 0.441. The molecule has 2 heteroatoms. The lowest BCUT2D eigenvalue weighted by Gasteiger charge is -2.20. The van der Waals surface area contributed by atoms with Crippen LogP contribution in [-0.2, 0) is 0 Å². The normalized spacial score (nSPS) is 12.6. The SMILES string of the molecule is CCCCCCCCCCCCCCCC(CCCCCCCCCCCC)c1nccn1C(C)C. The van der Waals surface area contributed by atoms with E-state index in [9.17, 15) is 0 Å². The minimum Gasteiger partial charge on any atom is -0.332 e. The maximum absolute atomic E-state index is 4.84. The van der Waals surface area contributed by atoms with Gasteiger partial charge < -0.3 is 4.57 Å². The summed E-state index contributed by atoms with van der Waals surface area (Å²) in [6.07, 6.45) is 39.8. The van der Waals surface area contributed by atoms with Gasteiger partial charge in [-0.25, -0.2) is 4.98 Å². The van der Waals surface area contributed by atoms with E-state index in [4.69, 9.17) is 4.98 Å². The average molecular weight is 503 g/mol. The van der Waals surface area contributed by atoms with Gasteiger partial charge in [0.2, 0.25) is 0 Å². The van der Waals surface area contributed by atoms with Crippen molar-refractivity contribution in [3.63, 3.8) is 0 Å². The van der Waals surface area contributed by atoms with Crippen LogP contribution in [0.4, 0.5) is 0 Å². The molecule has 212 valence electrons. The second kappa shape index (κ2) is 24.5. The lowest BCUT2D eigenvalue weighted by Crippen LogP contribution is -2.11. The predicted octanol–water partition coefficient (Wildman–Crippen LogP) is 12.3. The van der Waals surface area contributed by atoms with Gasteiger partial charge in [-0.2, -0.15) is 0 Å². The number of rotatable bonds is 27. The Morgan fingerprint density at radius 2 is 0.861 bits per heavy atom. The van der Waals surface area contributed by atoms with Crippen molar-refractivity contribution in [2.24, 2.45) is 0 Å². The number of hydrogen-bond acceptors (Lipinski definition) is 1. The van der Waals surface area contributed by atoms with E-state index in [0.29, 0.717) is 12.0 Å². The fraction of sp³-hybridized carbons (Fsp3) is 0.912. The molecule has 0 aliphatic heterocycles. The van der Waals surface area contributed by atoms with Crippen molar-refractivity contribution in [1.29, 1.82) is 0 Å². The summed E-state index contributed by atoms with van der Waals surface area (Å²) in [5.74, 6) is 2.02. The summed E-state index contributed by atoms with van der Waals surface area (Å²) < 4.78 is 2.43. The average Bonchev–Trinajstić information content (AvgIpc) is 3.37. The van der Waals surface area contributed by atoms with Crippen LogP contribution < -0.4 is 0 Å². The molecule has 0 aromatic carbocycles. The van der Waals surface area contributed by atoms with Gasteiger partial charge in [0.25, 0.3) is 0 Å². The van der Waals surface area contributed by atoms with Gasteiger partial charge in [0.1, 0.15) is 5.82 Å². The highest BCUT2D eigenvalue weighted by atomic mass is 15.1. The van der Waals surface area contributed by atoms with Crippen molar-refractivity contribution in [3.05, 3.63) is 18.2 Å². The minimum absolute atomic E-state index is 0.518. The van der Waals surface area contributed by atoms with Crippen molar-refractivity contribution in [2.75, 3.05) is 0 Å². The number of aromatic nitrogens is 2. The first-order chi connectivity index (χ1) is 17.7. The Bertz CT molecular complexity index is 561. The van der Waals surface area contributed by atoms with Gasteiger partial charge in [-0.05, 0) is 26.7 Å². The van der Waals surface area contributed by atoms with Crippen LogP contribution in [0, 0.1) is 0 Å². The molecule has 1 unspecified atom stereocenters. The van der Waals surface area contributed by atoms with Gasteiger partial charge in [-0.3, -0.25) is 0 Å². The van der Waals surface area contributed by atoms with E-state index < -0.39 is 0 Å². The van der Waals surface area contributed by atoms with Crippen LogP contribution in [0.2, 0.25) is 0 Å². The van der Waals surface area contributed by atoms with E-state index in [0.717, 1.165) is 0 Å². The molecule has 2 nitrogen and oxygen atoms in total. The molecule has 0 bridgehead atoms. The zero-order chi connectivity index (χ0) is 26.1. The monoisotopic (exact) mass is 503 g/mol. The van der Waals surface area contributed by atoms with E-state index in [1.54, 1.807) is 0 Å². The molecule has 1 rings (SSSR count). The molecule has 0 aliphatic rings. The number of unbranched alkanes of at least 4 members (excludes halogenated alkanes) is 21. The summed E-state index contributed by atoms with van der Waals surface area (Å²) in [5, 5.41) is 0. The zero-order valence-electron chi connectivity index (χ0n) is 25.4. The molecule has 0 amide bonds. The summed E-state index contributed by atoms with van der Waals surface area (Å²) in [5.41, 5.74) is 0. The summed E-state index contributed by atoms with van der Waals surface area (Å²) in [7, 11) is 0. The molecule has 0 fully saturated rings. The second-order valence-electron chi connectivity index (χ2n) is 12.0. The molecule has 0 spiro atoms. The predicted molar refractivity (Wildman–Crippen MR) is 162 cm³/mol. The first-order valence-electron chi connectivity index (χ1n) is 16.7. The lowest BCUT2D eigenvalue weighted by atomic mass is 9.93. The Kier molecular flexibility index (Phi) is 22.7. The maximum Gasteiger partial charge on any atom is 0.111 e. The highest BCUT2D eigenvalue weighted by molar-refractivity contribution is 5.02. The van der Waals surface area contributed by atoms with Crippen molar-refractivity contribution in [1.82, 2.24) is 9.55 Å². The van der Waals surface area contributed by atoms with Crippen LogP contribution >= 0.6 is 0 Å². The van der Waals surface area contributed by atoms with Gasteiger partial charge in [0, 0.05) is 24.4 Å². The maximum atomic E-state index is 4.84. The van der Waals surface area contributed by atoms with Crippen LogP contribution in [0.1, 0.15) is 206 Å². The molecule has 0 aliphatic carbocycles. The molecule has 1 aromatic rings. The van der Waals surface area contributed by atoms with Crippen LogP contribution in [0.3, 0.4) is 0 Å². The second-order valence-corrected chi connectivity index (χ2v) is 12.0. The Morgan fingerprint density at radius 3 is 1.19 bits per heavy atom. The van der Waals surface area contributed by atoms with E-state index in [1.807, 2.05) is 6.20 Å². The quantitative estimate of drug-likeness (QED) is 0.109. The molecule has 1 aromatic heterocycles. The largest absolute Gasteiger partial charge is 0.332 e. The summed E-state index contributed by atoms with van der Waals surface area (Å²) >= 11 is 0. The molecule has 0 saturated carbocycles. The molecular formula is C34H66N2. The van der Waals surface area contributed by atoms with Gasteiger partial charge in [-0.1, -0.05) is 162 Å². The zero-order valence-corrected chi connectivity index (χ0v) is 25.4. The van der Waals surface area contributed by atoms with E-state index in [1.165, 1.54) is 166 Å². The van der Waals surface area contributed by atoms with E-state index >= 15 is 0 Å². The molecule has 0 N–H and O–H groups in total. The highest BCUT2D eigenvalue weighted by Gasteiger charge is 2.18. The van der Waals surface area contributed by atoms with Gasteiger partial charge in [0.15, 0.2) is 0 Å². The molecule has 0 radical (unpaired) electrons. The Hall–Kier alpha value is -0.790. The Balaban J connectivity index is 2.18. The minimum atomic E-state index is 0.518. The number of nitrogens with zero attached hydrogens (tertiary/aromatic N) is 2. The molecule has 1 atom stereocenters. The van der Waals surface area contributed by atoms with Gasteiger partial charge >= 0.3 is 0 Å². The van der Waals surface area contributed by atoms with Gasteiger partial charge in [-0.15, -0.1) is 0 Å². The third-order valence-corrected chi connectivity index (χ3v) is 8.18. The summed E-state index contributed by atoms with van der Waals surface area (Å²) in [6, 6.07) is 0.518. The smallest absolute Gasteiger partial charge is 0.111 e. The van der Waals surface area contributed by atoms with Crippen LogP contribution in [-0.4, -0.2) is 9.55 Å². The fourth-order valence-electron chi connectivity index (χ4n) is 5.77. The first-order valence-corrected chi connectivity index (χ1v) is 16.7. The number of hydrogen-bond donors (Lipinski definition) is 0. The molecule has 36 heavy (non-hydrogen) atoms. The third-order valence-electron chi connectivity index (χ3n) is 8.18. The van der Waals surface area contributed by atoms with Crippen LogP contribution in [0.5, 0.6) is 0 Å². The van der Waals surface area contributed by atoms with Crippen molar-refractivity contribution < 1.29 is 0 Å². The summed E-state index contributed by atoms with van der Waals surface area (Å²) in [4.78, 5) is 4.84. The van der Waals surface area contributed by atoms with Crippen LogP contribution in [0.25, 0.3) is 0 Å². The van der Waals surface area contributed by atoms with Crippen molar-refractivity contribution in [2.45, 2.75) is 200 Å². The first kappa shape index (κ1) is 33.2. The molecular weight excluding hydrogens is 436 g/mol. The van der Waals surface area contributed by atoms with E-state index in [-0.39, 0.29) is 0 Å². The van der Waals surface area contributed by atoms with Crippen molar-refractivity contribution >= 4 is 0 Å².